The van der Waals surface area contributed by atoms with E-state index in [1.54, 1.807) is 0 Å². The maximum atomic E-state index is 5.49. The smallest absolute Gasteiger partial charge is 0.0946 e. The molecular weight excluding hydrogens is 196 g/mol. The molecule has 5 heteroatoms. The molecule has 1 aromatic rings. The van der Waals surface area contributed by atoms with Crippen molar-refractivity contribution in [3.05, 3.63) is 11.4 Å². The Hall–Kier alpha value is -0.970. The van der Waals surface area contributed by atoms with Gasteiger partial charge in [0.1, 0.15) is 0 Å². The monoisotopic (exact) mass is 210 g/mol. The van der Waals surface area contributed by atoms with Gasteiger partial charge in [0.05, 0.1) is 22.9 Å². The molecule has 1 unspecified atom stereocenters. The average Bonchev–Trinajstić information content (AvgIpc) is 2.47. The lowest BCUT2D eigenvalue weighted by molar-refractivity contribution is 0.482. The van der Waals surface area contributed by atoms with Gasteiger partial charge in [-0.1, -0.05) is 24.4 Å². The molecule has 0 radical (unpaired) electrons. The Bertz CT molecular complexity index is 358. The Labute approximate surface area is 88.5 Å². The molecule has 1 aromatic heterocycles. The number of nitrogens with two attached hydrogens (primary N) is 1. The van der Waals surface area contributed by atoms with Gasteiger partial charge in [-0.3, -0.25) is 0 Å². The SMILES string of the molecule is CC1CCc2c(nnn2CC(N)=S)C1. The first-order valence-electron chi connectivity index (χ1n) is 4.86. The fourth-order valence-corrected chi connectivity index (χ4v) is 2.01. The van der Waals surface area contributed by atoms with Crippen molar-refractivity contribution in [2.45, 2.75) is 32.7 Å². The van der Waals surface area contributed by atoms with Gasteiger partial charge in [0.2, 0.25) is 0 Å². The van der Waals surface area contributed by atoms with Gasteiger partial charge in [0, 0.05) is 0 Å². The Balaban J connectivity index is 2.24. The van der Waals surface area contributed by atoms with E-state index in [9.17, 15) is 0 Å². The fraction of sp³-hybridized carbons (Fsp3) is 0.667. The van der Waals surface area contributed by atoms with E-state index >= 15 is 0 Å². The molecule has 2 N–H and O–H groups in total. The number of nitrogens with zero attached hydrogens (tertiary/aromatic N) is 3. The zero-order valence-corrected chi connectivity index (χ0v) is 9.05. The van der Waals surface area contributed by atoms with Crippen LogP contribution in [0.4, 0.5) is 0 Å². The van der Waals surface area contributed by atoms with Crippen molar-refractivity contribution < 1.29 is 0 Å². The third-order valence-electron chi connectivity index (χ3n) is 2.64. The summed E-state index contributed by atoms with van der Waals surface area (Å²) in [4.78, 5) is 0.469. The van der Waals surface area contributed by atoms with Crippen molar-refractivity contribution in [1.29, 1.82) is 0 Å². The lowest BCUT2D eigenvalue weighted by atomic mass is 9.91. The van der Waals surface area contributed by atoms with Gasteiger partial charge in [0.15, 0.2) is 0 Å². The number of hydrogen-bond donors (Lipinski definition) is 1. The molecule has 76 valence electrons. The number of thiocarbonyl (C=S) groups is 1. The molecule has 1 aliphatic rings. The van der Waals surface area contributed by atoms with Crippen molar-refractivity contribution >= 4 is 17.2 Å². The van der Waals surface area contributed by atoms with Crippen molar-refractivity contribution in [3.8, 4) is 0 Å². The molecule has 1 heterocycles. The van der Waals surface area contributed by atoms with Gasteiger partial charge in [-0.15, -0.1) is 5.10 Å². The van der Waals surface area contributed by atoms with E-state index < -0.39 is 0 Å². The van der Waals surface area contributed by atoms with E-state index in [0.29, 0.717) is 11.5 Å². The van der Waals surface area contributed by atoms with Crippen molar-refractivity contribution in [1.82, 2.24) is 15.0 Å². The molecule has 0 spiro atoms. The number of hydrogen-bond acceptors (Lipinski definition) is 3. The standard InChI is InChI=1S/C9H14N4S/c1-6-2-3-8-7(4-6)11-12-13(8)5-9(10)14/h6H,2-5H2,1H3,(H2,10,14). The quantitative estimate of drug-likeness (QED) is 0.730. The minimum atomic E-state index is 0.469. The second kappa shape index (κ2) is 3.65. The topological polar surface area (TPSA) is 56.7 Å². The molecule has 2 rings (SSSR count). The van der Waals surface area contributed by atoms with Crippen LogP contribution in [0, 0.1) is 5.92 Å². The zero-order chi connectivity index (χ0) is 10.1. The summed E-state index contributed by atoms with van der Waals surface area (Å²) in [6, 6.07) is 0. The zero-order valence-electron chi connectivity index (χ0n) is 8.23. The molecule has 1 atom stereocenters. The third-order valence-corrected chi connectivity index (χ3v) is 2.77. The lowest BCUT2D eigenvalue weighted by Gasteiger charge is -2.17. The van der Waals surface area contributed by atoms with E-state index in [-0.39, 0.29) is 0 Å². The van der Waals surface area contributed by atoms with Crippen LogP contribution in [0.15, 0.2) is 0 Å². The minimum absolute atomic E-state index is 0.469. The Morgan fingerprint density at radius 2 is 2.50 bits per heavy atom. The van der Waals surface area contributed by atoms with Crippen LogP contribution < -0.4 is 5.73 Å². The highest BCUT2D eigenvalue weighted by Crippen LogP contribution is 2.22. The average molecular weight is 210 g/mol. The summed E-state index contributed by atoms with van der Waals surface area (Å²) >= 11 is 4.86. The second-order valence-corrected chi connectivity index (χ2v) is 4.48. The lowest BCUT2D eigenvalue weighted by Crippen LogP contribution is -2.21. The van der Waals surface area contributed by atoms with Gasteiger partial charge in [0.25, 0.3) is 0 Å². The molecule has 0 bridgehead atoms. The van der Waals surface area contributed by atoms with Gasteiger partial charge in [-0.05, 0) is 25.2 Å². The Kier molecular flexibility index (Phi) is 2.50. The summed E-state index contributed by atoms with van der Waals surface area (Å²) in [7, 11) is 0. The molecular formula is C9H14N4S. The van der Waals surface area contributed by atoms with Crippen LogP contribution in [0.3, 0.4) is 0 Å². The highest BCUT2D eigenvalue weighted by molar-refractivity contribution is 7.80. The van der Waals surface area contributed by atoms with Gasteiger partial charge < -0.3 is 5.73 Å². The predicted octanol–water partition coefficient (Wildman–Crippen LogP) is 0.689. The highest BCUT2D eigenvalue weighted by Gasteiger charge is 2.21. The predicted molar refractivity (Wildman–Crippen MR) is 58.0 cm³/mol. The third kappa shape index (κ3) is 1.77. The Morgan fingerprint density at radius 1 is 1.71 bits per heavy atom. The molecule has 1 aliphatic carbocycles. The minimum Gasteiger partial charge on any atom is -0.392 e. The summed E-state index contributed by atoms with van der Waals surface area (Å²) in [6.45, 7) is 2.77. The van der Waals surface area contributed by atoms with Gasteiger partial charge in [-0.25, -0.2) is 4.68 Å². The highest BCUT2D eigenvalue weighted by atomic mass is 32.1. The van der Waals surface area contributed by atoms with Crippen LogP contribution in [0.5, 0.6) is 0 Å². The van der Waals surface area contributed by atoms with Crippen molar-refractivity contribution in [2.24, 2.45) is 11.7 Å². The normalized spacial score (nSPS) is 20.5. The van der Waals surface area contributed by atoms with E-state index in [1.165, 1.54) is 12.1 Å². The first kappa shape index (κ1) is 9.58. The van der Waals surface area contributed by atoms with Crippen LogP contribution in [0.1, 0.15) is 24.7 Å². The molecule has 0 amide bonds. The first-order valence-corrected chi connectivity index (χ1v) is 5.27. The van der Waals surface area contributed by atoms with E-state index in [0.717, 1.165) is 24.5 Å². The molecule has 0 saturated heterocycles. The van der Waals surface area contributed by atoms with Gasteiger partial charge >= 0.3 is 0 Å². The van der Waals surface area contributed by atoms with Crippen LogP contribution >= 0.6 is 12.2 Å². The van der Waals surface area contributed by atoms with Crippen LogP contribution in [0.2, 0.25) is 0 Å². The molecule has 14 heavy (non-hydrogen) atoms. The molecule has 0 aliphatic heterocycles. The number of aromatic nitrogens is 3. The first-order chi connectivity index (χ1) is 6.66. The summed E-state index contributed by atoms with van der Waals surface area (Å²) in [5.74, 6) is 0.720. The summed E-state index contributed by atoms with van der Waals surface area (Å²) in [6.07, 6.45) is 3.29. The summed E-state index contributed by atoms with van der Waals surface area (Å²) in [5.41, 5.74) is 7.83. The Morgan fingerprint density at radius 3 is 3.21 bits per heavy atom. The second-order valence-electron chi connectivity index (χ2n) is 3.95. The van der Waals surface area contributed by atoms with Crippen molar-refractivity contribution in [2.75, 3.05) is 0 Å². The summed E-state index contributed by atoms with van der Waals surface area (Å²) in [5, 5.41) is 8.23. The summed E-state index contributed by atoms with van der Waals surface area (Å²) < 4.78 is 1.84. The van der Waals surface area contributed by atoms with E-state index in [2.05, 4.69) is 17.2 Å². The molecule has 0 aromatic carbocycles. The maximum Gasteiger partial charge on any atom is 0.0946 e. The van der Waals surface area contributed by atoms with Crippen LogP contribution in [-0.4, -0.2) is 20.0 Å². The van der Waals surface area contributed by atoms with E-state index in [1.807, 2.05) is 4.68 Å². The van der Waals surface area contributed by atoms with Crippen LogP contribution in [0.25, 0.3) is 0 Å². The van der Waals surface area contributed by atoms with Gasteiger partial charge in [-0.2, -0.15) is 0 Å². The molecule has 0 fully saturated rings. The molecule has 4 nitrogen and oxygen atoms in total. The number of rotatable bonds is 2. The number of fused-ring (bicyclic) bond motifs is 1. The van der Waals surface area contributed by atoms with E-state index in [4.69, 9.17) is 18.0 Å². The largest absolute Gasteiger partial charge is 0.392 e. The van der Waals surface area contributed by atoms with Crippen molar-refractivity contribution in [3.63, 3.8) is 0 Å². The fourth-order valence-electron chi connectivity index (χ4n) is 1.89. The maximum absolute atomic E-state index is 5.49. The molecule has 0 saturated carbocycles. The van der Waals surface area contributed by atoms with Crippen LogP contribution in [-0.2, 0) is 19.4 Å².